The zero-order chi connectivity index (χ0) is 16.7. The van der Waals surface area contributed by atoms with Crippen LogP contribution in [0.25, 0.3) is 17.2 Å². The molecule has 2 aromatic heterocycles. The van der Waals surface area contributed by atoms with Gasteiger partial charge < -0.3 is 5.73 Å². The second-order valence-electron chi connectivity index (χ2n) is 5.78. The van der Waals surface area contributed by atoms with Crippen LogP contribution in [-0.2, 0) is 10.2 Å². The fourth-order valence-electron chi connectivity index (χ4n) is 2.72. The van der Waals surface area contributed by atoms with Gasteiger partial charge >= 0.3 is 0 Å². The number of benzene rings is 1. The van der Waals surface area contributed by atoms with Gasteiger partial charge in [-0.3, -0.25) is 9.78 Å². The summed E-state index contributed by atoms with van der Waals surface area (Å²) >= 11 is 0. The molecule has 1 aromatic carbocycles. The van der Waals surface area contributed by atoms with Gasteiger partial charge in [0.1, 0.15) is 28.4 Å². The Morgan fingerprint density at radius 3 is 2.54 bits per heavy atom. The van der Waals surface area contributed by atoms with Crippen molar-refractivity contribution in [1.82, 2.24) is 19.7 Å². The van der Waals surface area contributed by atoms with Crippen molar-refractivity contribution in [3.63, 3.8) is 0 Å². The second-order valence-corrected chi connectivity index (χ2v) is 5.78. The van der Waals surface area contributed by atoms with E-state index in [9.17, 15) is 9.18 Å². The van der Waals surface area contributed by atoms with E-state index < -0.39 is 17.1 Å². The highest BCUT2D eigenvalue weighted by Crippen LogP contribution is 2.48. The minimum atomic E-state index is -0.887. The molecule has 0 unspecified atom stereocenters. The molecule has 1 amide bonds. The van der Waals surface area contributed by atoms with Gasteiger partial charge in [-0.05, 0) is 37.1 Å². The number of pyridine rings is 1. The van der Waals surface area contributed by atoms with Gasteiger partial charge in [-0.15, -0.1) is 5.10 Å². The average molecular weight is 323 g/mol. The van der Waals surface area contributed by atoms with Crippen molar-refractivity contribution in [3.05, 3.63) is 60.3 Å². The number of primary amides is 1. The zero-order valence-corrected chi connectivity index (χ0v) is 12.7. The molecule has 0 spiro atoms. The van der Waals surface area contributed by atoms with Crippen LogP contribution in [0.5, 0.6) is 0 Å². The van der Waals surface area contributed by atoms with Gasteiger partial charge in [0, 0.05) is 6.20 Å². The molecule has 0 saturated heterocycles. The van der Waals surface area contributed by atoms with Crippen molar-refractivity contribution in [1.29, 1.82) is 0 Å². The molecule has 1 saturated carbocycles. The Morgan fingerprint density at radius 1 is 1.17 bits per heavy atom. The first kappa shape index (κ1) is 14.5. The van der Waals surface area contributed by atoms with Gasteiger partial charge in [0.05, 0.1) is 0 Å². The number of carbonyl (C=O) groups is 1. The van der Waals surface area contributed by atoms with E-state index in [0.717, 1.165) is 0 Å². The van der Waals surface area contributed by atoms with Crippen LogP contribution in [0.15, 0.2) is 48.7 Å². The van der Waals surface area contributed by atoms with Gasteiger partial charge in [-0.1, -0.05) is 18.2 Å². The standard InChI is InChI=1S/C17H14FN5O/c18-11-5-1-2-7-13(11)23-16(17(8-9-17)15(19)24)21-14(22-23)12-6-3-4-10-20-12/h1-7,10H,8-9H2,(H2,19,24). The highest BCUT2D eigenvalue weighted by Gasteiger charge is 2.54. The topological polar surface area (TPSA) is 86.7 Å². The number of hydrogen-bond acceptors (Lipinski definition) is 4. The van der Waals surface area contributed by atoms with Gasteiger partial charge in [0.25, 0.3) is 0 Å². The van der Waals surface area contributed by atoms with Crippen LogP contribution in [0.1, 0.15) is 18.7 Å². The summed E-state index contributed by atoms with van der Waals surface area (Å²) in [6.45, 7) is 0. The predicted molar refractivity (Wildman–Crippen MR) is 84.7 cm³/mol. The van der Waals surface area contributed by atoms with Gasteiger partial charge in [-0.2, -0.15) is 0 Å². The zero-order valence-electron chi connectivity index (χ0n) is 12.7. The summed E-state index contributed by atoms with van der Waals surface area (Å²) < 4.78 is 15.6. The van der Waals surface area contributed by atoms with Crippen LogP contribution in [-0.4, -0.2) is 25.7 Å². The van der Waals surface area contributed by atoms with E-state index in [4.69, 9.17) is 5.73 Å². The highest BCUT2D eigenvalue weighted by molar-refractivity contribution is 5.89. The molecule has 24 heavy (non-hydrogen) atoms. The monoisotopic (exact) mass is 323 g/mol. The van der Waals surface area contributed by atoms with E-state index in [1.165, 1.54) is 10.7 Å². The van der Waals surface area contributed by atoms with Crippen LogP contribution in [0.3, 0.4) is 0 Å². The summed E-state index contributed by atoms with van der Waals surface area (Å²) in [6, 6.07) is 11.6. The van der Waals surface area contributed by atoms with Gasteiger partial charge in [0.15, 0.2) is 5.82 Å². The summed E-state index contributed by atoms with van der Waals surface area (Å²) in [7, 11) is 0. The lowest BCUT2D eigenvalue weighted by molar-refractivity contribution is -0.120. The Balaban J connectivity index is 1.93. The maximum absolute atomic E-state index is 14.3. The molecular weight excluding hydrogens is 309 g/mol. The first-order valence-electron chi connectivity index (χ1n) is 7.55. The van der Waals surface area contributed by atoms with Crippen molar-refractivity contribution < 1.29 is 9.18 Å². The number of hydrogen-bond donors (Lipinski definition) is 1. The van der Waals surface area contributed by atoms with Crippen molar-refractivity contribution >= 4 is 5.91 Å². The molecule has 4 rings (SSSR count). The molecule has 3 aromatic rings. The minimum absolute atomic E-state index is 0.231. The molecule has 1 fully saturated rings. The van der Waals surface area contributed by atoms with Crippen LogP contribution in [0, 0.1) is 5.82 Å². The Bertz CT molecular complexity index is 918. The molecule has 0 aliphatic heterocycles. The lowest BCUT2D eigenvalue weighted by Crippen LogP contribution is -2.31. The molecule has 0 bridgehead atoms. The molecule has 1 aliphatic rings. The Hall–Kier alpha value is -3.09. The number of aromatic nitrogens is 4. The van der Waals surface area contributed by atoms with Crippen molar-refractivity contribution in [2.75, 3.05) is 0 Å². The molecule has 0 atom stereocenters. The summed E-state index contributed by atoms with van der Waals surface area (Å²) in [5.74, 6) is -0.223. The molecular formula is C17H14FN5O. The molecule has 2 N–H and O–H groups in total. The molecule has 6 nitrogen and oxygen atoms in total. The number of halogens is 1. The number of rotatable bonds is 4. The van der Waals surface area contributed by atoms with E-state index in [2.05, 4.69) is 15.1 Å². The summed E-state index contributed by atoms with van der Waals surface area (Å²) in [5, 5.41) is 4.40. The Kier molecular flexibility index (Phi) is 3.16. The van der Waals surface area contributed by atoms with E-state index >= 15 is 0 Å². The SMILES string of the molecule is NC(=O)C1(c2nc(-c3ccccn3)nn2-c2ccccc2F)CC1. The van der Waals surface area contributed by atoms with E-state index in [1.807, 2.05) is 6.07 Å². The normalized spacial score (nSPS) is 15.2. The maximum atomic E-state index is 14.3. The summed E-state index contributed by atoms with van der Waals surface area (Å²) in [4.78, 5) is 20.6. The van der Waals surface area contributed by atoms with E-state index in [-0.39, 0.29) is 5.69 Å². The molecule has 0 radical (unpaired) electrons. The van der Waals surface area contributed by atoms with Crippen LogP contribution >= 0.6 is 0 Å². The highest BCUT2D eigenvalue weighted by atomic mass is 19.1. The largest absolute Gasteiger partial charge is 0.369 e. The molecule has 2 heterocycles. The van der Waals surface area contributed by atoms with E-state index in [0.29, 0.717) is 30.2 Å². The van der Waals surface area contributed by atoms with Crippen molar-refractivity contribution in [3.8, 4) is 17.2 Å². The van der Waals surface area contributed by atoms with E-state index in [1.54, 1.807) is 36.5 Å². The quantitative estimate of drug-likeness (QED) is 0.795. The lowest BCUT2D eigenvalue weighted by Gasteiger charge is -2.12. The summed E-state index contributed by atoms with van der Waals surface area (Å²) in [5.41, 5.74) is 5.46. The predicted octanol–water partition coefficient (Wildman–Crippen LogP) is 1.99. The smallest absolute Gasteiger partial charge is 0.231 e. The number of nitrogens with zero attached hydrogens (tertiary/aromatic N) is 4. The first-order chi connectivity index (χ1) is 11.6. The fourth-order valence-corrected chi connectivity index (χ4v) is 2.72. The lowest BCUT2D eigenvalue weighted by atomic mass is 10.1. The minimum Gasteiger partial charge on any atom is -0.369 e. The van der Waals surface area contributed by atoms with Crippen molar-refractivity contribution in [2.24, 2.45) is 5.73 Å². The Morgan fingerprint density at radius 2 is 1.92 bits per heavy atom. The van der Waals surface area contributed by atoms with Crippen LogP contribution in [0.2, 0.25) is 0 Å². The molecule has 1 aliphatic carbocycles. The number of nitrogens with two attached hydrogens (primary N) is 1. The molecule has 120 valence electrons. The van der Waals surface area contributed by atoms with Crippen LogP contribution < -0.4 is 5.73 Å². The van der Waals surface area contributed by atoms with Gasteiger partial charge in [0.2, 0.25) is 5.91 Å². The number of amides is 1. The third-order valence-electron chi connectivity index (χ3n) is 4.23. The third kappa shape index (κ3) is 2.17. The Labute approximate surface area is 137 Å². The fraction of sp³-hybridized carbons (Fsp3) is 0.176. The average Bonchev–Trinajstić information content (AvgIpc) is 3.30. The van der Waals surface area contributed by atoms with Crippen molar-refractivity contribution in [2.45, 2.75) is 18.3 Å². The second kappa shape index (κ2) is 5.23. The number of carbonyl (C=O) groups excluding carboxylic acids is 1. The van der Waals surface area contributed by atoms with Gasteiger partial charge in [-0.25, -0.2) is 14.1 Å². The third-order valence-corrected chi connectivity index (χ3v) is 4.23. The van der Waals surface area contributed by atoms with Crippen LogP contribution in [0.4, 0.5) is 4.39 Å². The summed E-state index contributed by atoms with van der Waals surface area (Å²) in [6.07, 6.45) is 2.79. The first-order valence-corrected chi connectivity index (χ1v) is 7.55. The number of para-hydroxylation sites is 1. The maximum Gasteiger partial charge on any atom is 0.231 e. The molecule has 7 heteroatoms.